The molecule has 2 aromatic carbocycles. The van der Waals surface area contributed by atoms with Crippen molar-refractivity contribution in [2.24, 2.45) is 0 Å². The predicted molar refractivity (Wildman–Crippen MR) is 108 cm³/mol. The van der Waals surface area contributed by atoms with Gasteiger partial charge in [0.05, 0.1) is 19.8 Å². The molecule has 1 aromatic heterocycles. The summed E-state index contributed by atoms with van der Waals surface area (Å²) in [5, 5.41) is 4.14. The highest BCUT2D eigenvalue weighted by atomic mass is 16.5. The highest BCUT2D eigenvalue weighted by Gasteiger charge is 2.35. The van der Waals surface area contributed by atoms with Crippen molar-refractivity contribution in [3.8, 4) is 23.0 Å². The van der Waals surface area contributed by atoms with Crippen LogP contribution in [-0.2, 0) is 4.79 Å². The Kier molecular flexibility index (Phi) is 4.96. The fraction of sp³-hybridized carbons (Fsp3) is 0.318. The molecule has 7 heteroatoms. The van der Waals surface area contributed by atoms with Crippen LogP contribution in [0.15, 0.2) is 40.9 Å². The predicted octanol–water partition coefficient (Wildman–Crippen LogP) is 3.89. The maximum Gasteiger partial charge on any atom is 0.261 e. The van der Waals surface area contributed by atoms with E-state index in [0.717, 1.165) is 11.3 Å². The lowest BCUT2D eigenvalue weighted by atomic mass is 10.1. The van der Waals surface area contributed by atoms with Crippen LogP contribution in [0.25, 0.3) is 11.5 Å². The lowest BCUT2D eigenvalue weighted by molar-refractivity contribution is -0.117. The standard InChI is InChI=1S/C22H23N3O4/c1-13-5-8-18(14(2)9-13)25-12-15(10-20(25)26)21-23-22(29-24-21)17-7-6-16(27-3)11-19(17)28-4/h5-9,11,15H,10,12H2,1-4H3. The molecule has 4 rings (SSSR count). The molecule has 0 N–H and O–H groups in total. The fourth-order valence-corrected chi connectivity index (χ4v) is 3.71. The van der Waals surface area contributed by atoms with Crippen molar-refractivity contribution in [3.63, 3.8) is 0 Å². The van der Waals surface area contributed by atoms with E-state index in [-0.39, 0.29) is 11.8 Å². The number of benzene rings is 2. The van der Waals surface area contributed by atoms with Crippen LogP contribution < -0.4 is 14.4 Å². The first-order valence-electron chi connectivity index (χ1n) is 9.43. The van der Waals surface area contributed by atoms with Gasteiger partial charge in [-0.15, -0.1) is 0 Å². The van der Waals surface area contributed by atoms with E-state index >= 15 is 0 Å². The normalized spacial score (nSPS) is 16.3. The molecule has 7 nitrogen and oxygen atoms in total. The van der Waals surface area contributed by atoms with Gasteiger partial charge in [-0.2, -0.15) is 4.98 Å². The van der Waals surface area contributed by atoms with Gasteiger partial charge in [0, 0.05) is 30.6 Å². The Bertz CT molecular complexity index is 1060. The van der Waals surface area contributed by atoms with E-state index < -0.39 is 0 Å². The SMILES string of the molecule is COc1ccc(-c2nc(C3CC(=O)N(c4ccc(C)cc4C)C3)no2)c(OC)c1. The third kappa shape index (κ3) is 3.55. The summed E-state index contributed by atoms with van der Waals surface area (Å²) in [6, 6.07) is 11.5. The summed E-state index contributed by atoms with van der Waals surface area (Å²) in [7, 11) is 3.17. The highest BCUT2D eigenvalue weighted by Crippen LogP contribution is 2.36. The lowest BCUT2D eigenvalue weighted by Crippen LogP contribution is -2.25. The number of aryl methyl sites for hydroxylation is 2. The Hall–Kier alpha value is -3.35. The van der Waals surface area contributed by atoms with E-state index in [1.807, 2.05) is 43.0 Å². The molecule has 0 radical (unpaired) electrons. The number of ether oxygens (including phenoxy) is 2. The molecule has 1 amide bonds. The van der Waals surface area contributed by atoms with Gasteiger partial charge in [0.1, 0.15) is 11.5 Å². The first-order valence-corrected chi connectivity index (χ1v) is 9.43. The van der Waals surface area contributed by atoms with Crippen molar-refractivity contribution >= 4 is 11.6 Å². The third-order valence-electron chi connectivity index (χ3n) is 5.21. The van der Waals surface area contributed by atoms with Crippen molar-refractivity contribution in [2.75, 3.05) is 25.7 Å². The number of carbonyl (C=O) groups is 1. The molecule has 1 aliphatic heterocycles. The molecule has 29 heavy (non-hydrogen) atoms. The van der Waals surface area contributed by atoms with Crippen molar-refractivity contribution in [2.45, 2.75) is 26.2 Å². The number of anilines is 1. The van der Waals surface area contributed by atoms with Crippen LogP contribution in [0.4, 0.5) is 5.69 Å². The monoisotopic (exact) mass is 393 g/mol. The molecule has 0 bridgehead atoms. The molecule has 0 spiro atoms. The van der Waals surface area contributed by atoms with Gasteiger partial charge in [-0.25, -0.2) is 0 Å². The number of rotatable bonds is 5. The number of methoxy groups -OCH3 is 2. The first-order chi connectivity index (χ1) is 14.0. The van der Waals surface area contributed by atoms with Crippen molar-refractivity contribution in [1.82, 2.24) is 10.1 Å². The number of carbonyl (C=O) groups excluding carboxylic acids is 1. The minimum atomic E-state index is -0.120. The van der Waals surface area contributed by atoms with E-state index in [9.17, 15) is 4.79 Å². The van der Waals surface area contributed by atoms with E-state index in [4.69, 9.17) is 14.0 Å². The van der Waals surface area contributed by atoms with Crippen LogP contribution in [-0.4, -0.2) is 36.8 Å². The second-order valence-corrected chi connectivity index (χ2v) is 7.22. The second kappa shape index (κ2) is 7.58. The molecule has 1 aliphatic rings. The quantitative estimate of drug-likeness (QED) is 0.654. The second-order valence-electron chi connectivity index (χ2n) is 7.22. The van der Waals surface area contributed by atoms with Crippen molar-refractivity contribution in [3.05, 3.63) is 53.3 Å². The Labute approximate surface area is 169 Å². The Morgan fingerprint density at radius 3 is 2.66 bits per heavy atom. The van der Waals surface area contributed by atoms with Crippen molar-refractivity contribution in [1.29, 1.82) is 0 Å². The first kappa shape index (κ1) is 19.0. The van der Waals surface area contributed by atoms with Gasteiger partial charge < -0.3 is 18.9 Å². The van der Waals surface area contributed by atoms with E-state index in [0.29, 0.717) is 41.7 Å². The zero-order valence-corrected chi connectivity index (χ0v) is 16.9. The maximum atomic E-state index is 12.6. The minimum absolute atomic E-state index is 0.0651. The number of nitrogens with zero attached hydrogens (tertiary/aromatic N) is 3. The zero-order chi connectivity index (χ0) is 20.5. The number of aromatic nitrogens is 2. The Balaban J connectivity index is 1.58. The molecular formula is C22H23N3O4. The fourth-order valence-electron chi connectivity index (χ4n) is 3.71. The van der Waals surface area contributed by atoms with Gasteiger partial charge >= 0.3 is 0 Å². The summed E-state index contributed by atoms with van der Waals surface area (Å²) in [6.07, 6.45) is 0.353. The molecule has 1 unspecified atom stereocenters. The van der Waals surface area contributed by atoms with Gasteiger partial charge in [-0.1, -0.05) is 22.9 Å². The number of hydrogen-bond donors (Lipinski definition) is 0. The summed E-state index contributed by atoms with van der Waals surface area (Å²) >= 11 is 0. The molecule has 0 aliphatic carbocycles. The average Bonchev–Trinajstić information content (AvgIpc) is 3.34. The third-order valence-corrected chi connectivity index (χ3v) is 5.21. The number of amides is 1. The minimum Gasteiger partial charge on any atom is -0.497 e. The topological polar surface area (TPSA) is 77.7 Å². The average molecular weight is 393 g/mol. The smallest absolute Gasteiger partial charge is 0.261 e. The molecule has 150 valence electrons. The van der Waals surface area contributed by atoms with Crippen LogP contribution in [0.2, 0.25) is 0 Å². The molecule has 1 atom stereocenters. The summed E-state index contributed by atoms with van der Waals surface area (Å²) in [6.45, 7) is 4.59. The van der Waals surface area contributed by atoms with Crippen molar-refractivity contribution < 1.29 is 18.8 Å². The van der Waals surface area contributed by atoms with Gasteiger partial charge in [-0.3, -0.25) is 4.79 Å². The van der Waals surface area contributed by atoms with Gasteiger partial charge in [0.2, 0.25) is 5.91 Å². The molecular weight excluding hydrogens is 370 g/mol. The highest BCUT2D eigenvalue weighted by molar-refractivity contribution is 5.97. The van der Waals surface area contributed by atoms with Crippen LogP contribution in [0, 0.1) is 13.8 Å². The van der Waals surface area contributed by atoms with Crippen LogP contribution >= 0.6 is 0 Å². The molecule has 1 fully saturated rings. The Morgan fingerprint density at radius 2 is 1.93 bits per heavy atom. The van der Waals surface area contributed by atoms with Gasteiger partial charge in [0.25, 0.3) is 5.89 Å². The van der Waals surface area contributed by atoms with E-state index in [1.54, 1.807) is 20.3 Å². The molecule has 3 aromatic rings. The van der Waals surface area contributed by atoms with Crippen LogP contribution in [0.1, 0.15) is 29.3 Å². The lowest BCUT2D eigenvalue weighted by Gasteiger charge is -2.19. The van der Waals surface area contributed by atoms with Crippen LogP contribution in [0.3, 0.4) is 0 Å². The summed E-state index contributed by atoms with van der Waals surface area (Å²) in [5.74, 6) is 2.09. The van der Waals surface area contributed by atoms with Crippen LogP contribution in [0.5, 0.6) is 11.5 Å². The molecule has 1 saturated heterocycles. The molecule has 2 heterocycles. The van der Waals surface area contributed by atoms with E-state index in [2.05, 4.69) is 16.2 Å². The van der Waals surface area contributed by atoms with Gasteiger partial charge in [0.15, 0.2) is 5.82 Å². The molecule has 0 saturated carbocycles. The maximum absolute atomic E-state index is 12.6. The summed E-state index contributed by atoms with van der Waals surface area (Å²) in [4.78, 5) is 19.0. The van der Waals surface area contributed by atoms with Gasteiger partial charge in [-0.05, 0) is 37.6 Å². The Morgan fingerprint density at radius 1 is 1.10 bits per heavy atom. The van der Waals surface area contributed by atoms with E-state index in [1.165, 1.54) is 5.56 Å². The number of hydrogen-bond acceptors (Lipinski definition) is 6. The zero-order valence-electron chi connectivity index (χ0n) is 16.9. The summed E-state index contributed by atoms with van der Waals surface area (Å²) in [5.41, 5.74) is 3.87. The largest absolute Gasteiger partial charge is 0.497 e. The summed E-state index contributed by atoms with van der Waals surface area (Å²) < 4.78 is 16.1.